The minimum Gasteiger partial charge on any atom is -0.445 e. The van der Waals surface area contributed by atoms with Crippen molar-refractivity contribution in [1.82, 2.24) is 4.90 Å². The number of carbonyl (C=O) groups is 1. The predicted octanol–water partition coefficient (Wildman–Crippen LogP) is 3.39. The summed E-state index contributed by atoms with van der Waals surface area (Å²) in [7, 11) is 0. The van der Waals surface area contributed by atoms with Crippen molar-refractivity contribution in [1.29, 1.82) is 0 Å². The quantitative estimate of drug-likeness (QED) is 0.480. The lowest BCUT2D eigenvalue weighted by Crippen LogP contribution is -2.47. The topological polar surface area (TPSA) is 127 Å². The number of hydrogen-bond donors (Lipinski definition) is 0. The van der Waals surface area contributed by atoms with Crippen LogP contribution in [0, 0.1) is 0 Å². The first kappa shape index (κ1) is 15.5. The highest BCUT2D eigenvalue weighted by atomic mass is 16.6. The number of carbonyl (C=O) groups excluding carboxylic acids is 1. The lowest BCUT2D eigenvalue weighted by atomic mass is 10.0. The van der Waals surface area contributed by atoms with Gasteiger partial charge in [0.05, 0.1) is 6.04 Å². The maximum absolute atomic E-state index is 12.1. The van der Waals surface area contributed by atoms with Crippen LogP contribution in [0.3, 0.4) is 0 Å². The first-order chi connectivity index (χ1) is 10.7. The third-order valence-electron chi connectivity index (χ3n) is 3.41. The Morgan fingerprint density at radius 2 is 1.91 bits per heavy atom. The van der Waals surface area contributed by atoms with Gasteiger partial charge in [-0.3, -0.25) is 0 Å². The number of nitrogens with zero attached hydrogens (tertiary/aromatic N) is 7. The number of ether oxygens (including phenoxy) is 1. The van der Waals surface area contributed by atoms with Crippen molar-refractivity contribution in [3.8, 4) is 0 Å². The summed E-state index contributed by atoms with van der Waals surface area (Å²) in [5.41, 5.74) is 18.0. The largest absolute Gasteiger partial charge is 0.445 e. The van der Waals surface area contributed by atoms with E-state index < -0.39 is 18.2 Å². The Kier molecular flexibility index (Phi) is 5.48. The second kappa shape index (κ2) is 7.78. The molecule has 2 atom stereocenters. The molecule has 2 unspecified atom stereocenters. The molecule has 1 heterocycles. The summed E-state index contributed by atoms with van der Waals surface area (Å²) in [6, 6.07) is 8.35. The number of hydrogen-bond acceptors (Lipinski definition) is 4. The van der Waals surface area contributed by atoms with Crippen molar-refractivity contribution >= 4 is 6.09 Å². The summed E-state index contributed by atoms with van der Waals surface area (Å²) in [5.74, 6) is 0. The van der Waals surface area contributed by atoms with E-state index in [2.05, 4.69) is 20.1 Å². The Bertz CT molecular complexity index is 608. The first-order valence-corrected chi connectivity index (χ1v) is 6.78. The molecule has 0 aliphatic carbocycles. The predicted molar refractivity (Wildman–Crippen MR) is 78.7 cm³/mol. The van der Waals surface area contributed by atoms with E-state index in [4.69, 9.17) is 15.8 Å². The molecule has 1 aliphatic heterocycles. The number of azide groups is 2. The second-order valence-corrected chi connectivity index (χ2v) is 4.82. The summed E-state index contributed by atoms with van der Waals surface area (Å²) in [6.07, 6.45) is -0.0323. The fourth-order valence-corrected chi connectivity index (χ4v) is 2.28. The van der Waals surface area contributed by atoms with Gasteiger partial charge < -0.3 is 9.64 Å². The van der Waals surface area contributed by atoms with Crippen LogP contribution in [0.2, 0.25) is 0 Å². The molecule has 22 heavy (non-hydrogen) atoms. The number of amides is 1. The van der Waals surface area contributed by atoms with Gasteiger partial charge in [-0.15, -0.1) is 0 Å². The van der Waals surface area contributed by atoms with Crippen molar-refractivity contribution in [3.63, 3.8) is 0 Å². The molecule has 1 saturated heterocycles. The van der Waals surface area contributed by atoms with Crippen molar-refractivity contribution in [2.75, 3.05) is 13.1 Å². The molecule has 2 rings (SSSR count). The van der Waals surface area contributed by atoms with Gasteiger partial charge in [0.2, 0.25) is 0 Å². The maximum atomic E-state index is 12.1. The van der Waals surface area contributed by atoms with Crippen molar-refractivity contribution in [3.05, 3.63) is 56.8 Å². The van der Waals surface area contributed by atoms with E-state index in [1.165, 1.54) is 4.90 Å². The van der Waals surface area contributed by atoms with Crippen molar-refractivity contribution < 1.29 is 9.53 Å². The molecule has 9 heteroatoms. The summed E-state index contributed by atoms with van der Waals surface area (Å²) >= 11 is 0. The van der Waals surface area contributed by atoms with Gasteiger partial charge in [0, 0.05) is 29.0 Å². The maximum Gasteiger partial charge on any atom is 0.410 e. The third-order valence-corrected chi connectivity index (χ3v) is 3.41. The van der Waals surface area contributed by atoms with Crippen LogP contribution in [0.25, 0.3) is 20.9 Å². The highest BCUT2D eigenvalue weighted by molar-refractivity contribution is 5.67. The Morgan fingerprint density at radius 1 is 1.23 bits per heavy atom. The summed E-state index contributed by atoms with van der Waals surface area (Å²) in [6.45, 7) is 0.762. The van der Waals surface area contributed by atoms with Crippen LogP contribution < -0.4 is 0 Å². The molecular formula is C13H15N7O2. The molecule has 1 fully saturated rings. The van der Waals surface area contributed by atoms with E-state index in [-0.39, 0.29) is 13.2 Å². The van der Waals surface area contributed by atoms with E-state index in [1.54, 1.807) is 0 Å². The molecule has 0 aromatic heterocycles. The highest BCUT2D eigenvalue weighted by Crippen LogP contribution is 2.19. The fraction of sp³-hybridized carbons (Fsp3) is 0.462. The van der Waals surface area contributed by atoms with E-state index >= 15 is 0 Å². The normalized spacial score (nSPS) is 20.5. The molecule has 0 radical (unpaired) electrons. The monoisotopic (exact) mass is 301 g/mol. The molecule has 0 N–H and O–H groups in total. The number of likely N-dealkylation sites (tertiary alicyclic amines) is 1. The number of piperidine rings is 1. The van der Waals surface area contributed by atoms with Gasteiger partial charge in [-0.05, 0) is 23.0 Å². The van der Waals surface area contributed by atoms with E-state index in [9.17, 15) is 4.79 Å². The molecule has 1 aromatic rings. The summed E-state index contributed by atoms with van der Waals surface area (Å²) in [5, 5.41) is 7.21. The summed E-state index contributed by atoms with van der Waals surface area (Å²) < 4.78 is 5.24. The van der Waals surface area contributed by atoms with Crippen LogP contribution in [0.15, 0.2) is 40.6 Å². The zero-order valence-electron chi connectivity index (χ0n) is 11.8. The fourth-order valence-electron chi connectivity index (χ4n) is 2.28. The van der Waals surface area contributed by atoms with Gasteiger partial charge in [-0.2, -0.15) is 0 Å². The zero-order chi connectivity index (χ0) is 15.8. The Morgan fingerprint density at radius 3 is 2.59 bits per heavy atom. The molecule has 0 spiro atoms. The average Bonchev–Trinajstić information content (AvgIpc) is 2.55. The van der Waals surface area contributed by atoms with Crippen molar-refractivity contribution in [2.45, 2.75) is 25.1 Å². The van der Waals surface area contributed by atoms with E-state index in [0.29, 0.717) is 13.0 Å². The highest BCUT2D eigenvalue weighted by Gasteiger charge is 2.31. The van der Waals surface area contributed by atoms with Gasteiger partial charge in [-0.1, -0.05) is 40.6 Å². The molecular weight excluding hydrogens is 286 g/mol. The number of rotatable bonds is 4. The lowest BCUT2D eigenvalue weighted by molar-refractivity contribution is 0.0836. The molecule has 0 saturated carbocycles. The smallest absolute Gasteiger partial charge is 0.410 e. The van der Waals surface area contributed by atoms with Crippen molar-refractivity contribution in [2.24, 2.45) is 10.2 Å². The second-order valence-electron chi connectivity index (χ2n) is 4.82. The van der Waals surface area contributed by atoms with Crippen LogP contribution in [-0.4, -0.2) is 36.2 Å². The van der Waals surface area contributed by atoms with Gasteiger partial charge >= 0.3 is 6.09 Å². The molecule has 9 nitrogen and oxygen atoms in total. The van der Waals surface area contributed by atoms with E-state index in [1.807, 2.05) is 30.3 Å². The lowest BCUT2D eigenvalue weighted by Gasteiger charge is -2.33. The van der Waals surface area contributed by atoms with Crippen LogP contribution >= 0.6 is 0 Å². The zero-order valence-corrected chi connectivity index (χ0v) is 11.8. The van der Waals surface area contributed by atoms with Gasteiger partial charge in [0.1, 0.15) is 6.61 Å². The third kappa shape index (κ3) is 4.05. The van der Waals surface area contributed by atoms with E-state index in [0.717, 1.165) is 5.56 Å². The SMILES string of the molecule is [N-]=[N+]=NC1CCN(C(=O)OCc2ccccc2)CC1N=[N+]=[N-]. The first-order valence-electron chi connectivity index (χ1n) is 6.78. The Balaban J connectivity index is 1.93. The molecule has 0 bridgehead atoms. The van der Waals surface area contributed by atoms with Crippen LogP contribution in [0.5, 0.6) is 0 Å². The van der Waals surface area contributed by atoms with Gasteiger partial charge in [0.15, 0.2) is 0 Å². The van der Waals surface area contributed by atoms with Crippen LogP contribution in [0.1, 0.15) is 12.0 Å². The minimum atomic E-state index is -0.570. The van der Waals surface area contributed by atoms with Gasteiger partial charge in [0.25, 0.3) is 0 Å². The van der Waals surface area contributed by atoms with Crippen LogP contribution in [0.4, 0.5) is 4.79 Å². The molecule has 1 aromatic carbocycles. The Labute approximate surface area is 126 Å². The van der Waals surface area contributed by atoms with Gasteiger partial charge in [-0.25, -0.2) is 4.79 Å². The van der Waals surface area contributed by atoms with Crippen LogP contribution in [-0.2, 0) is 11.3 Å². The molecule has 1 amide bonds. The standard InChI is InChI=1S/C13H15N7O2/c14-18-16-11-6-7-20(8-12(11)17-19-15)13(21)22-9-10-4-2-1-3-5-10/h1-5,11-12H,6-9H2. The molecule has 1 aliphatic rings. The Hall–Kier alpha value is -2.89. The number of benzene rings is 1. The molecule has 114 valence electrons. The average molecular weight is 301 g/mol. The summed E-state index contributed by atoms with van der Waals surface area (Å²) in [4.78, 5) is 19.0. The minimum absolute atomic E-state index is 0.182.